The van der Waals surface area contributed by atoms with E-state index in [-0.39, 0.29) is 6.03 Å². The van der Waals surface area contributed by atoms with Gasteiger partial charge in [-0.1, -0.05) is 19.3 Å². The van der Waals surface area contributed by atoms with Crippen molar-refractivity contribution in [3.05, 3.63) is 0 Å². The van der Waals surface area contributed by atoms with E-state index < -0.39 is 0 Å². The van der Waals surface area contributed by atoms with Crippen LogP contribution in [0.5, 0.6) is 0 Å². The third-order valence-corrected chi connectivity index (χ3v) is 3.24. The van der Waals surface area contributed by atoms with Crippen molar-refractivity contribution >= 4 is 6.03 Å². The summed E-state index contributed by atoms with van der Waals surface area (Å²) in [6, 6.07) is 0.381. The topological polar surface area (TPSA) is 34.4 Å². The SMILES string of the molecule is O=C([N]C1CCCCC1)N1CCCC1. The number of carbonyl (C=O) groups is 1. The van der Waals surface area contributed by atoms with E-state index in [1.807, 2.05) is 4.90 Å². The molecule has 1 aliphatic heterocycles. The molecule has 1 heterocycles. The Morgan fingerprint density at radius 3 is 2.29 bits per heavy atom. The summed E-state index contributed by atoms with van der Waals surface area (Å²) in [6.45, 7) is 1.85. The lowest BCUT2D eigenvalue weighted by Crippen LogP contribution is -2.39. The van der Waals surface area contributed by atoms with Crippen LogP contribution in [0.25, 0.3) is 0 Å². The maximum atomic E-state index is 11.7. The van der Waals surface area contributed by atoms with E-state index in [9.17, 15) is 4.79 Å². The summed E-state index contributed by atoms with van der Waals surface area (Å²) in [5.41, 5.74) is 0. The van der Waals surface area contributed by atoms with Crippen molar-refractivity contribution in [2.45, 2.75) is 51.0 Å². The zero-order valence-electron chi connectivity index (χ0n) is 8.74. The van der Waals surface area contributed by atoms with Crippen LogP contribution in [0.2, 0.25) is 0 Å². The van der Waals surface area contributed by atoms with Crippen LogP contribution < -0.4 is 5.32 Å². The van der Waals surface area contributed by atoms with Gasteiger partial charge in [0.2, 0.25) is 0 Å². The highest BCUT2D eigenvalue weighted by Gasteiger charge is 2.23. The van der Waals surface area contributed by atoms with Gasteiger partial charge in [0.05, 0.1) is 6.04 Å². The minimum Gasteiger partial charge on any atom is -0.323 e. The lowest BCUT2D eigenvalue weighted by molar-refractivity contribution is 0.199. The second kappa shape index (κ2) is 4.67. The number of rotatable bonds is 1. The smallest absolute Gasteiger partial charge is 0.323 e. The van der Waals surface area contributed by atoms with Gasteiger partial charge in [-0.3, -0.25) is 0 Å². The molecule has 14 heavy (non-hydrogen) atoms. The molecule has 1 aliphatic carbocycles. The number of likely N-dealkylation sites (tertiary alicyclic amines) is 1. The first-order valence-electron chi connectivity index (χ1n) is 5.86. The van der Waals surface area contributed by atoms with Crippen LogP contribution in [0.4, 0.5) is 4.79 Å². The molecule has 0 N–H and O–H groups in total. The second-order valence-electron chi connectivity index (χ2n) is 4.40. The van der Waals surface area contributed by atoms with E-state index in [0.717, 1.165) is 38.8 Å². The van der Waals surface area contributed by atoms with Crippen molar-refractivity contribution in [2.75, 3.05) is 13.1 Å². The highest BCUT2D eigenvalue weighted by atomic mass is 16.2. The Bertz CT molecular complexity index is 193. The van der Waals surface area contributed by atoms with Crippen molar-refractivity contribution in [3.8, 4) is 0 Å². The van der Waals surface area contributed by atoms with Gasteiger partial charge < -0.3 is 4.90 Å². The molecule has 1 saturated heterocycles. The molecule has 79 valence electrons. The van der Waals surface area contributed by atoms with Crippen molar-refractivity contribution in [1.29, 1.82) is 0 Å². The molecule has 3 heteroatoms. The van der Waals surface area contributed by atoms with Gasteiger partial charge in [0.25, 0.3) is 0 Å². The summed E-state index contributed by atoms with van der Waals surface area (Å²) in [5, 5.41) is 4.30. The first-order valence-corrected chi connectivity index (χ1v) is 5.86. The van der Waals surface area contributed by atoms with Crippen molar-refractivity contribution < 1.29 is 4.79 Å². The van der Waals surface area contributed by atoms with Gasteiger partial charge in [0.15, 0.2) is 0 Å². The number of urea groups is 1. The van der Waals surface area contributed by atoms with Crippen LogP contribution in [0.15, 0.2) is 0 Å². The fourth-order valence-electron chi connectivity index (χ4n) is 2.36. The van der Waals surface area contributed by atoms with Crippen molar-refractivity contribution in [3.63, 3.8) is 0 Å². The van der Waals surface area contributed by atoms with Gasteiger partial charge in [0.1, 0.15) is 0 Å². The van der Waals surface area contributed by atoms with E-state index in [0.29, 0.717) is 6.04 Å². The Hall–Kier alpha value is -0.730. The summed E-state index contributed by atoms with van der Waals surface area (Å²) in [7, 11) is 0. The minimum atomic E-state index is 0.0504. The average Bonchev–Trinajstić information content (AvgIpc) is 2.72. The van der Waals surface area contributed by atoms with Crippen LogP contribution in [-0.2, 0) is 0 Å². The number of nitrogens with zero attached hydrogens (tertiary/aromatic N) is 2. The molecule has 0 atom stereocenters. The van der Waals surface area contributed by atoms with E-state index in [1.54, 1.807) is 0 Å². The molecule has 2 amide bonds. The molecule has 2 rings (SSSR count). The maximum absolute atomic E-state index is 11.7. The first-order chi connectivity index (χ1) is 6.86. The van der Waals surface area contributed by atoms with Gasteiger partial charge in [-0.05, 0) is 25.7 Å². The molecular formula is C11H19N2O. The molecule has 0 aromatic heterocycles. The van der Waals surface area contributed by atoms with Crippen LogP contribution in [-0.4, -0.2) is 30.1 Å². The molecule has 1 radical (unpaired) electrons. The van der Waals surface area contributed by atoms with Crippen LogP contribution >= 0.6 is 0 Å². The first kappa shape index (κ1) is 9.81. The lowest BCUT2D eigenvalue weighted by Gasteiger charge is -2.23. The van der Waals surface area contributed by atoms with Gasteiger partial charge in [-0.2, -0.15) is 0 Å². The predicted octanol–water partition coefficient (Wildman–Crippen LogP) is 2.14. The Morgan fingerprint density at radius 1 is 1.00 bits per heavy atom. The summed E-state index contributed by atoms with van der Waals surface area (Å²) < 4.78 is 0. The molecular weight excluding hydrogens is 176 g/mol. The second-order valence-corrected chi connectivity index (χ2v) is 4.40. The lowest BCUT2D eigenvalue weighted by atomic mass is 9.96. The van der Waals surface area contributed by atoms with Crippen LogP contribution in [0, 0.1) is 0 Å². The Kier molecular flexibility index (Phi) is 3.27. The monoisotopic (exact) mass is 195 g/mol. The van der Waals surface area contributed by atoms with Gasteiger partial charge >= 0.3 is 6.03 Å². The number of hydrogen-bond donors (Lipinski definition) is 0. The van der Waals surface area contributed by atoms with Crippen molar-refractivity contribution in [1.82, 2.24) is 10.2 Å². The average molecular weight is 195 g/mol. The maximum Gasteiger partial charge on any atom is 0.339 e. The minimum absolute atomic E-state index is 0.0504. The Labute approximate surface area is 85.8 Å². The fraction of sp³-hybridized carbons (Fsp3) is 0.909. The quantitative estimate of drug-likeness (QED) is 0.631. The predicted molar refractivity (Wildman–Crippen MR) is 55.2 cm³/mol. The van der Waals surface area contributed by atoms with Crippen LogP contribution in [0.3, 0.4) is 0 Å². The standard InChI is InChI=1S/C11H19N2O/c14-11(13-8-4-5-9-13)12-10-6-2-1-3-7-10/h10H,1-9H2. The highest BCUT2D eigenvalue weighted by Crippen LogP contribution is 2.19. The number of carbonyl (C=O) groups excluding carboxylic acids is 1. The zero-order chi connectivity index (χ0) is 9.80. The summed E-state index contributed by atoms with van der Waals surface area (Å²) in [5.74, 6) is 0. The number of amides is 2. The van der Waals surface area contributed by atoms with Gasteiger partial charge in [-0.15, -0.1) is 0 Å². The summed E-state index contributed by atoms with van der Waals surface area (Å²) in [6.07, 6.45) is 8.39. The molecule has 0 spiro atoms. The van der Waals surface area contributed by atoms with E-state index in [4.69, 9.17) is 0 Å². The third-order valence-electron chi connectivity index (χ3n) is 3.24. The van der Waals surface area contributed by atoms with E-state index in [2.05, 4.69) is 5.32 Å². The molecule has 2 aliphatic rings. The Balaban J connectivity index is 1.75. The Morgan fingerprint density at radius 2 is 1.64 bits per heavy atom. The molecule has 2 fully saturated rings. The summed E-state index contributed by atoms with van der Waals surface area (Å²) >= 11 is 0. The molecule has 0 unspecified atom stereocenters. The van der Waals surface area contributed by atoms with Gasteiger partial charge in [-0.25, -0.2) is 10.1 Å². The normalized spacial score (nSPS) is 23.9. The fourth-order valence-corrected chi connectivity index (χ4v) is 2.36. The molecule has 3 nitrogen and oxygen atoms in total. The molecule has 1 saturated carbocycles. The highest BCUT2D eigenvalue weighted by molar-refractivity contribution is 5.74. The molecule has 0 aromatic rings. The largest absolute Gasteiger partial charge is 0.339 e. The molecule has 0 bridgehead atoms. The van der Waals surface area contributed by atoms with Gasteiger partial charge in [0, 0.05) is 13.1 Å². The summed E-state index contributed by atoms with van der Waals surface area (Å²) in [4.78, 5) is 13.6. The van der Waals surface area contributed by atoms with Crippen LogP contribution in [0.1, 0.15) is 44.9 Å². The zero-order valence-corrected chi connectivity index (χ0v) is 8.74. The number of hydrogen-bond acceptors (Lipinski definition) is 1. The van der Waals surface area contributed by atoms with Crippen molar-refractivity contribution in [2.24, 2.45) is 0 Å². The van der Waals surface area contributed by atoms with E-state index in [1.165, 1.54) is 19.3 Å². The third kappa shape index (κ3) is 2.40. The van der Waals surface area contributed by atoms with E-state index >= 15 is 0 Å². The molecule has 0 aromatic carbocycles.